The average molecular weight is 308 g/mol. The van der Waals surface area contributed by atoms with Crippen LogP contribution in [0.15, 0.2) is 0 Å². The number of unbranched alkanes of at least 4 members (excludes halogenated alkanes) is 1. The third-order valence-corrected chi connectivity index (χ3v) is 2.68. The van der Waals surface area contributed by atoms with Crippen molar-refractivity contribution in [2.75, 3.05) is 26.9 Å². The molecule has 0 saturated heterocycles. The summed E-state index contributed by atoms with van der Waals surface area (Å²) in [5.41, 5.74) is 0. The van der Waals surface area contributed by atoms with Gasteiger partial charge in [0, 0.05) is 13.7 Å². The van der Waals surface area contributed by atoms with E-state index in [0.717, 1.165) is 19.3 Å². The molecular formula is C15H32O6. The molecule has 1 N–H and O–H groups in total. The third kappa shape index (κ3) is 6.18. The van der Waals surface area contributed by atoms with E-state index in [1.807, 2.05) is 13.8 Å². The van der Waals surface area contributed by atoms with Crippen molar-refractivity contribution in [3.63, 3.8) is 0 Å². The van der Waals surface area contributed by atoms with Gasteiger partial charge in [0.2, 0.25) is 0 Å². The van der Waals surface area contributed by atoms with Crippen molar-refractivity contribution in [2.45, 2.75) is 71.9 Å². The summed E-state index contributed by atoms with van der Waals surface area (Å²) < 4.78 is 27.6. The number of hydrogen-bond acceptors (Lipinski definition) is 6. The second kappa shape index (κ2) is 10.5. The highest BCUT2D eigenvalue weighted by atomic mass is 17.0. The van der Waals surface area contributed by atoms with Crippen LogP contribution < -0.4 is 0 Å². The zero-order chi connectivity index (χ0) is 16.4. The summed E-state index contributed by atoms with van der Waals surface area (Å²) in [4.78, 5) is 0. The molecule has 0 rings (SSSR count). The maximum atomic E-state index is 10.9. The largest absolute Gasteiger partial charge is 0.369 e. The van der Waals surface area contributed by atoms with Crippen molar-refractivity contribution in [3.8, 4) is 0 Å². The van der Waals surface area contributed by atoms with E-state index in [1.165, 1.54) is 7.11 Å². The van der Waals surface area contributed by atoms with Gasteiger partial charge in [-0.1, -0.05) is 20.3 Å². The summed E-state index contributed by atoms with van der Waals surface area (Å²) in [6.45, 7) is 10.3. The van der Waals surface area contributed by atoms with E-state index in [1.54, 1.807) is 20.8 Å². The molecule has 0 aromatic rings. The van der Waals surface area contributed by atoms with Crippen LogP contribution in [0.25, 0.3) is 0 Å². The van der Waals surface area contributed by atoms with Crippen molar-refractivity contribution >= 4 is 0 Å². The molecule has 0 aromatic carbocycles. The molecule has 0 aliphatic heterocycles. The Balaban J connectivity index is 5.29. The fourth-order valence-corrected chi connectivity index (χ4v) is 1.77. The van der Waals surface area contributed by atoms with Gasteiger partial charge in [0.1, 0.15) is 0 Å². The quantitative estimate of drug-likeness (QED) is 0.417. The number of hydrogen-bond donors (Lipinski definition) is 1. The Morgan fingerprint density at radius 2 is 1.62 bits per heavy atom. The van der Waals surface area contributed by atoms with Crippen molar-refractivity contribution in [3.05, 3.63) is 0 Å². The Bertz CT molecular complexity index is 261. The molecule has 0 radical (unpaired) electrons. The zero-order valence-corrected chi connectivity index (χ0v) is 14.3. The van der Waals surface area contributed by atoms with E-state index in [4.69, 9.17) is 23.7 Å². The van der Waals surface area contributed by atoms with Crippen LogP contribution >= 0.6 is 0 Å². The lowest BCUT2D eigenvalue weighted by Gasteiger charge is -2.43. The van der Waals surface area contributed by atoms with Crippen LogP contribution in [0.5, 0.6) is 0 Å². The monoisotopic (exact) mass is 308 g/mol. The first kappa shape index (κ1) is 20.8. The van der Waals surface area contributed by atoms with Gasteiger partial charge in [-0.05, 0) is 33.6 Å². The SMILES string of the molecule is CCCCOC(O)(OC(C)C)C(OC)(OCC)OCCC. The normalized spacial score (nSPS) is 17.7. The van der Waals surface area contributed by atoms with Gasteiger partial charge in [0.05, 0.1) is 19.3 Å². The van der Waals surface area contributed by atoms with Crippen LogP contribution in [0.1, 0.15) is 53.9 Å². The number of methoxy groups -OCH3 is 1. The van der Waals surface area contributed by atoms with Gasteiger partial charge >= 0.3 is 11.9 Å². The van der Waals surface area contributed by atoms with Crippen LogP contribution in [0.3, 0.4) is 0 Å². The lowest BCUT2D eigenvalue weighted by Crippen LogP contribution is -2.63. The Hall–Kier alpha value is -0.240. The van der Waals surface area contributed by atoms with Gasteiger partial charge < -0.3 is 28.8 Å². The van der Waals surface area contributed by atoms with Gasteiger partial charge in [-0.25, -0.2) is 0 Å². The summed E-state index contributed by atoms with van der Waals surface area (Å²) >= 11 is 0. The first-order valence-corrected chi connectivity index (χ1v) is 7.78. The second-order valence-corrected chi connectivity index (χ2v) is 4.99. The van der Waals surface area contributed by atoms with Gasteiger partial charge in [-0.2, -0.15) is 0 Å². The highest BCUT2D eigenvalue weighted by Gasteiger charge is 2.58. The second-order valence-electron chi connectivity index (χ2n) is 4.99. The van der Waals surface area contributed by atoms with Gasteiger partial charge in [0.25, 0.3) is 0 Å². The topological polar surface area (TPSA) is 66.4 Å². The molecule has 6 heteroatoms. The smallest absolute Gasteiger partial charge is 0.337 e. The predicted octanol–water partition coefficient (Wildman–Crippen LogP) is 2.64. The Morgan fingerprint density at radius 1 is 0.952 bits per heavy atom. The molecule has 2 unspecified atom stereocenters. The zero-order valence-electron chi connectivity index (χ0n) is 14.3. The number of rotatable bonds is 13. The Labute approximate surface area is 128 Å². The number of ether oxygens (including phenoxy) is 5. The van der Waals surface area contributed by atoms with Crippen LogP contribution in [0.2, 0.25) is 0 Å². The number of aliphatic hydroxyl groups is 1. The average Bonchev–Trinajstić information content (AvgIpc) is 2.43. The van der Waals surface area contributed by atoms with Crippen LogP contribution in [-0.4, -0.2) is 50.1 Å². The molecular weight excluding hydrogens is 276 g/mol. The third-order valence-electron chi connectivity index (χ3n) is 2.68. The fraction of sp³-hybridized carbons (Fsp3) is 1.00. The summed E-state index contributed by atoms with van der Waals surface area (Å²) in [7, 11) is 1.39. The maximum Gasteiger partial charge on any atom is 0.369 e. The lowest BCUT2D eigenvalue weighted by molar-refractivity contribution is -0.554. The Kier molecular flexibility index (Phi) is 10.4. The molecule has 128 valence electrons. The van der Waals surface area contributed by atoms with Crippen molar-refractivity contribution in [2.24, 2.45) is 0 Å². The molecule has 0 saturated carbocycles. The minimum Gasteiger partial charge on any atom is -0.337 e. The molecule has 0 aromatic heterocycles. The first-order valence-electron chi connectivity index (χ1n) is 7.78. The standard InChI is InChI=1S/C15H32O6/c1-7-10-12-19-14(16,21-13(4)5)15(17-6,18-9-3)20-11-8-2/h13,16H,7-12H2,1-6H3. The highest BCUT2D eigenvalue weighted by Crippen LogP contribution is 2.33. The minimum atomic E-state index is -2.13. The van der Waals surface area contributed by atoms with Crippen LogP contribution in [0.4, 0.5) is 0 Å². The highest BCUT2D eigenvalue weighted by molar-refractivity contribution is 4.73. The van der Waals surface area contributed by atoms with Gasteiger partial charge in [-0.15, -0.1) is 0 Å². The van der Waals surface area contributed by atoms with Crippen molar-refractivity contribution in [1.82, 2.24) is 0 Å². The molecule has 21 heavy (non-hydrogen) atoms. The molecule has 0 fully saturated rings. The molecule has 6 nitrogen and oxygen atoms in total. The lowest BCUT2D eigenvalue weighted by atomic mass is 10.3. The van der Waals surface area contributed by atoms with E-state index in [0.29, 0.717) is 13.2 Å². The van der Waals surface area contributed by atoms with Gasteiger partial charge in [0.15, 0.2) is 0 Å². The first-order chi connectivity index (χ1) is 9.91. The molecule has 0 bridgehead atoms. The van der Waals surface area contributed by atoms with Crippen molar-refractivity contribution < 1.29 is 28.8 Å². The summed E-state index contributed by atoms with van der Waals surface area (Å²) in [5.74, 6) is -3.94. The summed E-state index contributed by atoms with van der Waals surface area (Å²) in [5, 5.41) is 10.9. The van der Waals surface area contributed by atoms with Crippen LogP contribution in [-0.2, 0) is 23.7 Å². The van der Waals surface area contributed by atoms with E-state index >= 15 is 0 Å². The van der Waals surface area contributed by atoms with E-state index in [-0.39, 0.29) is 12.7 Å². The molecule has 0 spiro atoms. The summed E-state index contributed by atoms with van der Waals surface area (Å²) in [6, 6.07) is 0. The minimum absolute atomic E-state index is 0.276. The molecule has 0 aliphatic carbocycles. The fourth-order valence-electron chi connectivity index (χ4n) is 1.77. The predicted molar refractivity (Wildman–Crippen MR) is 79.6 cm³/mol. The Morgan fingerprint density at radius 3 is 2.05 bits per heavy atom. The maximum absolute atomic E-state index is 10.9. The van der Waals surface area contributed by atoms with E-state index in [2.05, 4.69) is 0 Å². The van der Waals surface area contributed by atoms with Crippen LogP contribution in [0, 0.1) is 0 Å². The van der Waals surface area contributed by atoms with Gasteiger partial charge in [-0.3, -0.25) is 0 Å². The van der Waals surface area contributed by atoms with Crippen molar-refractivity contribution in [1.29, 1.82) is 0 Å². The molecule has 2 atom stereocenters. The van der Waals surface area contributed by atoms with E-state index < -0.39 is 11.9 Å². The summed E-state index contributed by atoms with van der Waals surface area (Å²) in [6.07, 6.45) is 2.16. The molecule has 0 amide bonds. The molecule has 0 heterocycles. The van der Waals surface area contributed by atoms with E-state index in [9.17, 15) is 5.11 Å². The molecule has 0 aliphatic rings.